The zero-order valence-corrected chi connectivity index (χ0v) is 9.73. The Bertz CT molecular complexity index is 87.0. The lowest BCUT2D eigenvalue weighted by Crippen LogP contribution is -2.34. The van der Waals surface area contributed by atoms with Gasteiger partial charge in [-0.25, -0.2) is 4.39 Å². The van der Waals surface area contributed by atoms with E-state index in [0.717, 1.165) is 13.1 Å². The zero-order chi connectivity index (χ0) is 10.7. The summed E-state index contributed by atoms with van der Waals surface area (Å²) in [7, 11) is 2.07. The molecule has 13 heavy (non-hydrogen) atoms. The van der Waals surface area contributed by atoms with Gasteiger partial charge in [-0.2, -0.15) is 0 Å². The van der Waals surface area contributed by atoms with Crippen molar-refractivity contribution in [2.75, 3.05) is 33.4 Å². The fraction of sp³-hybridized carbons (Fsp3) is 1.00. The third-order valence-corrected chi connectivity index (χ3v) is 1.79. The van der Waals surface area contributed by atoms with Crippen LogP contribution < -0.4 is 5.32 Å². The van der Waals surface area contributed by atoms with Crippen molar-refractivity contribution < 1.29 is 4.39 Å². The molecular formula is C10H25FN2. The summed E-state index contributed by atoms with van der Waals surface area (Å²) in [5, 5.41) is 3.00. The largest absolute Gasteiger partial charge is 0.313 e. The third-order valence-electron chi connectivity index (χ3n) is 1.79. The molecular weight excluding hydrogens is 167 g/mol. The number of rotatable bonds is 6. The van der Waals surface area contributed by atoms with Gasteiger partial charge < -0.3 is 10.2 Å². The van der Waals surface area contributed by atoms with Crippen molar-refractivity contribution in [3.63, 3.8) is 0 Å². The lowest BCUT2D eigenvalue weighted by atomic mass is 10.3. The average Bonchev–Trinajstić information content (AvgIpc) is 2.15. The second kappa shape index (κ2) is 11.8. The molecule has 0 saturated heterocycles. The van der Waals surface area contributed by atoms with Crippen molar-refractivity contribution in [3.05, 3.63) is 0 Å². The highest BCUT2D eigenvalue weighted by molar-refractivity contribution is 4.58. The van der Waals surface area contributed by atoms with Gasteiger partial charge in [0, 0.05) is 25.7 Å². The van der Waals surface area contributed by atoms with Crippen LogP contribution >= 0.6 is 0 Å². The first-order chi connectivity index (χ1) is 6.18. The van der Waals surface area contributed by atoms with Crippen molar-refractivity contribution in [1.29, 1.82) is 0 Å². The summed E-state index contributed by atoms with van der Waals surface area (Å²) in [6.07, 6.45) is 0. The number of hydrogen-bond acceptors (Lipinski definition) is 2. The summed E-state index contributed by atoms with van der Waals surface area (Å²) in [6.45, 7) is 10.4. The molecule has 0 spiro atoms. The fourth-order valence-corrected chi connectivity index (χ4v) is 0.705. The number of alkyl halides is 1. The van der Waals surface area contributed by atoms with Crippen molar-refractivity contribution in [2.45, 2.75) is 33.7 Å². The standard InChI is InChI=1S/C8H19FN2.C2H6/c1-8(2)11(3)7-6-10-5-4-9;1-2/h8,10H,4-7H2,1-3H3;1-2H3. The van der Waals surface area contributed by atoms with Crippen molar-refractivity contribution in [2.24, 2.45) is 0 Å². The molecule has 1 N–H and O–H groups in total. The van der Waals surface area contributed by atoms with Gasteiger partial charge in [-0.15, -0.1) is 0 Å². The van der Waals surface area contributed by atoms with Gasteiger partial charge in [0.2, 0.25) is 0 Å². The van der Waals surface area contributed by atoms with Crippen LogP contribution in [0.3, 0.4) is 0 Å². The number of nitrogens with one attached hydrogen (secondary N) is 1. The van der Waals surface area contributed by atoms with Crippen molar-refractivity contribution in [1.82, 2.24) is 10.2 Å². The molecule has 0 bridgehead atoms. The Morgan fingerprint density at radius 2 is 1.77 bits per heavy atom. The van der Waals surface area contributed by atoms with E-state index in [-0.39, 0.29) is 6.67 Å². The molecule has 0 amide bonds. The van der Waals surface area contributed by atoms with E-state index in [4.69, 9.17) is 0 Å². The smallest absolute Gasteiger partial charge is 0.102 e. The van der Waals surface area contributed by atoms with E-state index >= 15 is 0 Å². The predicted octanol–water partition coefficient (Wildman–Crippen LogP) is 1.91. The van der Waals surface area contributed by atoms with Crippen LogP contribution in [0, 0.1) is 0 Å². The summed E-state index contributed by atoms with van der Waals surface area (Å²) < 4.78 is 11.6. The molecule has 0 unspecified atom stereocenters. The minimum atomic E-state index is -0.272. The van der Waals surface area contributed by atoms with E-state index in [1.54, 1.807) is 0 Å². The highest BCUT2D eigenvalue weighted by atomic mass is 19.1. The molecule has 82 valence electrons. The van der Waals surface area contributed by atoms with Gasteiger partial charge in [0.1, 0.15) is 6.67 Å². The Morgan fingerprint density at radius 3 is 2.15 bits per heavy atom. The first kappa shape index (κ1) is 15.3. The van der Waals surface area contributed by atoms with Gasteiger partial charge in [-0.3, -0.25) is 0 Å². The van der Waals surface area contributed by atoms with Crippen LogP contribution in [-0.2, 0) is 0 Å². The van der Waals surface area contributed by atoms with Crippen LogP contribution in [0.25, 0.3) is 0 Å². The van der Waals surface area contributed by atoms with Gasteiger partial charge in [-0.05, 0) is 20.9 Å². The average molecular weight is 192 g/mol. The number of halogens is 1. The van der Waals surface area contributed by atoms with Gasteiger partial charge in [0.25, 0.3) is 0 Å². The molecule has 0 fully saturated rings. The van der Waals surface area contributed by atoms with E-state index in [0.29, 0.717) is 12.6 Å². The molecule has 0 saturated carbocycles. The lowest BCUT2D eigenvalue weighted by Gasteiger charge is -2.20. The zero-order valence-electron chi connectivity index (χ0n) is 9.73. The summed E-state index contributed by atoms with van der Waals surface area (Å²) in [4.78, 5) is 2.23. The highest BCUT2D eigenvalue weighted by Gasteiger charge is 2.00. The maximum absolute atomic E-state index is 11.6. The number of hydrogen-bond donors (Lipinski definition) is 1. The summed E-state index contributed by atoms with van der Waals surface area (Å²) in [5.74, 6) is 0. The first-order valence-corrected chi connectivity index (χ1v) is 5.15. The molecule has 0 aromatic rings. The monoisotopic (exact) mass is 192 g/mol. The maximum atomic E-state index is 11.6. The molecule has 0 aliphatic rings. The quantitative estimate of drug-likeness (QED) is 0.647. The van der Waals surface area contributed by atoms with Gasteiger partial charge in [0.05, 0.1) is 0 Å². The van der Waals surface area contributed by atoms with Crippen LogP contribution in [0.5, 0.6) is 0 Å². The summed E-state index contributed by atoms with van der Waals surface area (Å²) in [5.41, 5.74) is 0. The van der Waals surface area contributed by atoms with E-state index in [1.165, 1.54) is 0 Å². The minimum absolute atomic E-state index is 0.272. The molecule has 0 atom stereocenters. The molecule has 2 nitrogen and oxygen atoms in total. The Kier molecular flexibility index (Phi) is 14.0. The minimum Gasteiger partial charge on any atom is -0.313 e. The molecule has 3 heteroatoms. The first-order valence-electron chi connectivity index (χ1n) is 5.15. The second-order valence-electron chi connectivity index (χ2n) is 3.01. The van der Waals surface area contributed by atoms with Crippen LogP contribution in [0.1, 0.15) is 27.7 Å². The van der Waals surface area contributed by atoms with Crippen molar-refractivity contribution >= 4 is 0 Å². The van der Waals surface area contributed by atoms with Crippen LogP contribution in [0.15, 0.2) is 0 Å². The van der Waals surface area contributed by atoms with Crippen LogP contribution in [-0.4, -0.2) is 44.3 Å². The molecule has 0 aliphatic carbocycles. The Balaban J connectivity index is 0. The van der Waals surface area contributed by atoms with Gasteiger partial charge in [0.15, 0.2) is 0 Å². The van der Waals surface area contributed by atoms with E-state index in [9.17, 15) is 4.39 Å². The summed E-state index contributed by atoms with van der Waals surface area (Å²) in [6, 6.07) is 0.571. The predicted molar refractivity (Wildman–Crippen MR) is 58.0 cm³/mol. The fourth-order valence-electron chi connectivity index (χ4n) is 0.705. The lowest BCUT2D eigenvalue weighted by molar-refractivity contribution is 0.272. The molecule has 0 aromatic heterocycles. The SMILES string of the molecule is CC.CC(C)N(C)CCNCCF. The number of nitrogens with zero attached hydrogens (tertiary/aromatic N) is 1. The molecule has 0 aliphatic heterocycles. The maximum Gasteiger partial charge on any atom is 0.102 e. The molecule has 0 aromatic carbocycles. The Hall–Kier alpha value is -0.150. The Labute approximate surface area is 82.5 Å². The Morgan fingerprint density at radius 1 is 1.23 bits per heavy atom. The molecule has 0 radical (unpaired) electrons. The second-order valence-corrected chi connectivity index (χ2v) is 3.01. The molecule has 0 heterocycles. The molecule has 0 rings (SSSR count). The topological polar surface area (TPSA) is 15.3 Å². The van der Waals surface area contributed by atoms with Gasteiger partial charge in [-0.1, -0.05) is 13.8 Å². The van der Waals surface area contributed by atoms with Crippen molar-refractivity contribution in [3.8, 4) is 0 Å². The van der Waals surface area contributed by atoms with E-state index < -0.39 is 0 Å². The summed E-state index contributed by atoms with van der Waals surface area (Å²) >= 11 is 0. The highest BCUT2D eigenvalue weighted by Crippen LogP contribution is 1.90. The van der Waals surface area contributed by atoms with E-state index in [1.807, 2.05) is 13.8 Å². The van der Waals surface area contributed by atoms with E-state index in [2.05, 4.69) is 31.1 Å². The normalized spacial score (nSPS) is 10.2. The van der Waals surface area contributed by atoms with Gasteiger partial charge >= 0.3 is 0 Å². The number of likely N-dealkylation sites (N-methyl/N-ethyl adjacent to an activating group) is 1. The third kappa shape index (κ3) is 11.9. The van der Waals surface area contributed by atoms with Crippen LogP contribution in [0.4, 0.5) is 4.39 Å². The van der Waals surface area contributed by atoms with Crippen LogP contribution in [0.2, 0.25) is 0 Å².